The van der Waals surface area contributed by atoms with E-state index in [1.165, 1.54) is 69.8 Å². The number of fused-ring (bicyclic) bond motifs is 1. The second-order valence-corrected chi connectivity index (χ2v) is 6.86. The monoisotopic (exact) mass is 302 g/mol. The summed E-state index contributed by atoms with van der Waals surface area (Å²) in [5, 5.41) is 0. The van der Waals surface area contributed by atoms with Gasteiger partial charge in [0, 0.05) is 6.42 Å². The van der Waals surface area contributed by atoms with Gasteiger partial charge in [-0.15, -0.1) is 0 Å². The minimum absolute atomic E-state index is 0.763. The minimum Gasteiger partial charge on any atom is -0.493 e. The van der Waals surface area contributed by atoms with E-state index in [2.05, 4.69) is 32.0 Å². The van der Waals surface area contributed by atoms with Crippen LogP contribution in [0.25, 0.3) is 0 Å². The highest BCUT2D eigenvalue weighted by Gasteiger charge is 2.16. The van der Waals surface area contributed by atoms with Crippen molar-refractivity contribution < 1.29 is 4.74 Å². The Bertz CT molecular complexity index is 424. The molecule has 0 saturated heterocycles. The maximum Gasteiger partial charge on any atom is 0.122 e. The van der Waals surface area contributed by atoms with E-state index in [1.807, 2.05) is 0 Å². The number of benzene rings is 1. The smallest absolute Gasteiger partial charge is 0.122 e. The second kappa shape index (κ2) is 9.92. The van der Waals surface area contributed by atoms with Crippen molar-refractivity contribution in [3.05, 3.63) is 29.3 Å². The van der Waals surface area contributed by atoms with E-state index < -0.39 is 0 Å². The minimum atomic E-state index is 0.763. The van der Waals surface area contributed by atoms with Gasteiger partial charge in [-0.3, -0.25) is 0 Å². The maximum atomic E-state index is 5.66. The van der Waals surface area contributed by atoms with E-state index in [1.54, 1.807) is 5.56 Å². The van der Waals surface area contributed by atoms with Crippen molar-refractivity contribution in [2.45, 2.75) is 90.4 Å². The Morgan fingerprint density at radius 3 is 2.36 bits per heavy atom. The Labute approximate surface area is 137 Å². The van der Waals surface area contributed by atoms with Crippen LogP contribution in [0.4, 0.5) is 0 Å². The van der Waals surface area contributed by atoms with Crippen molar-refractivity contribution in [3.8, 4) is 5.75 Å². The van der Waals surface area contributed by atoms with Gasteiger partial charge in [0.1, 0.15) is 5.75 Å². The van der Waals surface area contributed by atoms with Gasteiger partial charge in [0.05, 0.1) is 6.61 Å². The largest absolute Gasteiger partial charge is 0.493 e. The van der Waals surface area contributed by atoms with Crippen molar-refractivity contribution in [2.24, 2.45) is 0 Å². The fourth-order valence-electron chi connectivity index (χ4n) is 3.57. The van der Waals surface area contributed by atoms with Crippen LogP contribution in [0.15, 0.2) is 18.2 Å². The molecule has 2 rings (SSSR count). The van der Waals surface area contributed by atoms with Gasteiger partial charge in [-0.25, -0.2) is 0 Å². The molecular weight excluding hydrogens is 268 g/mol. The molecule has 1 unspecified atom stereocenters. The van der Waals surface area contributed by atoms with Crippen LogP contribution in [0.2, 0.25) is 0 Å². The molecule has 0 aromatic heterocycles. The highest BCUT2D eigenvalue weighted by Crippen LogP contribution is 2.33. The predicted octanol–water partition coefficient (Wildman–Crippen LogP) is 6.65. The zero-order chi connectivity index (χ0) is 15.6. The lowest BCUT2D eigenvalue weighted by atomic mass is 9.87. The average molecular weight is 303 g/mol. The van der Waals surface area contributed by atoms with E-state index in [4.69, 9.17) is 4.74 Å². The topological polar surface area (TPSA) is 9.23 Å². The van der Waals surface area contributed by atoms with Gasteiger partial charge in [-0.1, -0.05) is 77.3 Å². The molecule has 1 aromatic rings. The first-order valence-corrected chi connectivity index (χ1v) is 9.60. The molecule has 0 aliphatic carbocycles. The van der Waals surface area contributed by atoms with Crippen LogP contribution in [0.5, 0.6) is 5.75 Å². The fraction of sp³-hybridized carbons (Fsp3) is 0.714. The molecule has 1 aromatic carbocycles. The molecule has 1 atom stereocenters. The Hall–Kier alpha value is -0.980. The van der Waals surface area contributed by atoms with Crippen LogP contribution in [0.3, 0.4) is 0 Å². The van der Waals surface area contributed by atoms with E-state index in [-0.39, 0.29) is 0 Å². The molecule has 1 aliphatic rings. The van der Waals surface area contributed by atoms with Crippen molar-refractivity contribution in [1.29, 1.82) is 0 Å². The van der Waals surface area contributed by atoms with Gasteiger partial charge in [0.25, 0.3) is 0 Å². The lowest BCUT2D eigenvalue weighted by Gasteiger charge is -2.18. The standard InChI is InChI=1S/C21H34O/c1-3-5-7-8-10-12-18(11-9-6-4-2)19-13-14-21-20(17-19)15-16-22-21/h13-14,17-18H,3-12,15-16H2,1-2H3. The lowest BCUT2D eigenvalue weighted by Crippen LogP contribution is -2.00. The van der Waals surface area contributed by atoms with Crippen LogP contribution < -0.4 is 4.74 Å². The molecule has 22 heavy (non-hydrogen) atoms. The van der Waals surface area contributed by atoms with Crippen molar-refractivity contribution in [1.82, 2.24) is 0 Å². The molecule has 1 nitrogen and oxygen atoms in total. The number of ether oxygens (including phenoxy) is 1. The van der Waals surface area contributed by atoms with E-state index in [0.29, 0.717) is 0 Å². The van der Waals surface area contributed by atoms with Crippen LogP contribution in [-0.4, -0.2) is 6.61 Å². The third kappa shape index (κ3) is 5.34. The summed E-state index contributed by atoms with van der Waals surface area (Å²) in [6.45, 7) is 5.46. The second-order valence-electron chi connectivity index (χ2n) is 6.86. The quantitative estimate of drug-likeness (QED) is 0.416. The van der Waals surface area contributed by atoms with E-state index >= 15 is 0 Å². The summed E-state index contributed by atoms with van der Waals surface area (Å²) in [4.78, 5) is 0. The van der Waals surface area contributed by atoms with Gasteiger partial charge in [0.2, 0.25) is 0 Å². The lowest BCUT2D eigenvalue weighted by molar-refractivity contribution is 0.356. The molecule has 0 N–H and O–H groups in total. The Morgan fingerprint density at radius 1 is 0.909 bits per heavy atom. The van der Waals surface area contributed by atoms with E-state index in [0.717, 1.165) is 24.7 Å². The summed E-state index contributed by atoms with van der Waals surface area (Å²) in [6.07, 6.45) is 14.9. The summed E-state index contributed by atoms with van der Waals surface area (Å²) in [7, 11) is 0. The fourth-order valence-corrected chi connectivity index (χ4v) is 3.57. The molecule has 0 bridgehead atoms. The first kappa shape index (κ1) is 17.4. The van der Waals surface area contributed by atoms with Crippen LogP contribution in [-0.2, 0) is 6.42 Å². The Kier molecular flexibility index (Phi) is 7.83. The van der Waals surface area contributed by atoms with E-state index in [9.17, 15) is 0 Å². The molecule has 0 amide bonds. The third-order valence-corrected chi connectivity index (χ3v) is 5.00. The highest BCUT2D eigenvalue weighted by atomic mass is 16.5. The number of hydrogen-bond acceptors (Lipinski definition) is 1. The summed E-state index contributed by atoms with van der Waals surface area (Å²) >= 11 is 0. The number of unbranched alkanes of at least 4 members (excludes halogenated alkanes) is 6. The number of hydrogen-bond donors (Lipinski definition) is 0. The highest BCUT2D eigenvalue weighted by molar-refractivity contribution is 5.40. The maximum absolute atomic E-state index is 5.66. The SMILES string of the molecule is CCCCCCCC(CCCCC)c1ccc2c(c1)CCO2. The van der Waals surface area contributed by atoms with Gasteiger partial charge < -0.3 is 4.74 Å². The van der Waals surface area contributed by atoms with Crippen molar-refractivity contribution in [3.63, 3.8) is 0 Å². The molecule has 1 aliphatic heterocycles. The summed E-state index contributed by atoms with van der Waals surface area (Å²) < 4.78 is 5.66. The number of rotatable bonds is 11. The zero-order valence-corrected chi connectivity index (χ0v) is 14.7. The normalized spacial score (nSPS) is 14.6. The molecular formula is C21H34O. The first-order chi connectivity index (χ1) is 10.8. The summed E-state index contributed by atoms with van der Waals surface area (Å²) in [5.74, 6) is 1.89. The van der Waals surface area contributed by atoms with Gasteiger partial charge in [-0.05, 0) is 36.0 Å². The Balaban J connectivity index is 1.90. The van der Waals surface area contributed by atoms with Crippen molar-refractivity contribution >= 4 is 0 Å². The van der Waals surface area contributed by atoms with Crippen LogP contribution in [0, 0.1) is 0 Å². The van der Waals surface area contributed by atoms with Crippen LogP contribution in [0.1, 0.15) is 95.1 Å². The van der Waals surface area contributed by atoms with Gasteiger partial charge in [-0.2, -0.15) is 0 Å². The molecule has 0 radical (unpaired) electrons. The third-order valence-electron chi connectivity index (χ3n) is 5.00. The van der Waals surface area contributed by atoms with Crippen molar-refractivity contribution in [2.75, 3.05) is 6.61 Å². The van der Waals surface area contributed by atoms with Crippen LogP contribution >= 0.6 is 0 Å². The first-order valence-electron chi connectivity index (χ1n) is 9.60. The zero-order valence-electron chi connectivity index (χ0n) is 14.7. The molecule has 1 heterocycles. The Morgan fingerprint density at radius 2 is 1.59 bits per heavy atom. The summed E-state index contributed by atoms with van der Waals surface area (Å²) in [5.41, 5.74) is 3.00. The van der Waals surface area contributed by atoms with Gasteiger partial charge in [0.15, 0.2) is 0 Å². The van der Waals surface area contributed by atoms with Gasteiger partial charge >= 0.3 is 0 Å². The molecule has 0 spiro atoms. The molecule has 0 fully saturated rings. The molecule has 1 heteroatoms. The summed E-state index contributed by atoms with van der Waals surface area (Å²) in [6, 6.07) is 6.97. The predicted molar refractivity (Wildman–Crippen MR) is 95.9 cm³/mol. The molecule has 124 valence electrons. The average Bonchev–Trinajstić information content (AvgIpc) is 3.00. The molecule has 0 saturated carbocycles.